The summed E-state index contributed by atoms with van der Waals surface area (Å²) in [6.07, 6.45) is 0. The number of halogens is 1. The fourth-order valence-electron chi connectivity index (χ4n) is 1.26. The Labute approximate surface area is 89.1 Å². The van der Waals surface area contributed by atoms with Crippen LogP contribution in [0.2, 0.25) is 5.28 Å². The molecule has 0 aliphatic carbocycles. The Hall–Kier alpha value is -1.03. The summed E-state index contributed by atoms with van der Waals surface area (Å²) in [5, 5.41) is 0.190. The van der Waals surface area contributed by atoms with E-state index in [0.717, 1.165) is 12.4 Å². The summed E-state index contributed by atoms with van der Waals surface area (Å²) in [7, 11) is 1.96. The molecule has 2 N–H and O–H groups in total. The fraction of sp³-hybridized carbons (Fsp3) is 0.556. The quantitative estimate of drug-likeness (QED) is 0.780. The van der Waals surface area contributed by atoms with Crippen LogP contribution in [0.1, 0.15) is 13.8 Å². The maximum Gasteiger partial charge on any atom is 0.226 e. The van der Waals surface area contributed by atoms with E-state index in [4.69, 9.17) is 17.3 Å². The monoisotopic (exact) mass is 214 g/mol. The molecule has 5 heteroatoms. The van der Waals surface area contributed by atoms with Crippen molar-refractivity contribution in [2.75, 3.05) is 24.2 Å². The van der Waals surface area contributed by atoms with Crippen molar-refractivity contribution in [1.29, 1.82) is 0 Å². The first-order chi connectivity index (χ1) is 6.49. The van der Waals surface area contributed by atoms with Crippen LogP contribution in [0.25, 0.3) is 0 Å². The normalized spacial score (nSPS) is 10.6. The number of nitrogens with two attached hydrogens (primary N) is 1. The van der Waals surface area contributed by atoms with Gasteiger partial charge in [-0.1, -0.05) is 13.8 Å². The number of hydrogen-bond acceptors (Lipinski definition) is 4. The molecule has 0 aliphatic heterocycles. The second kappa shape index (κ2) is 4.46. The van der Waals surface area contributed by atoms with Gasteiger partial charge >= 0.3 is 0 Å². The Morgan fingerprint density at radius 2 is 2.14 bits per heavy atom. The van der Waals surface area contributed by atoms with Gasteiger partial charge in [0, 0.05) is 19.7 Å². The molecular formula is C9H15ClN4. The Morgan fingerprint density at radius 1 is 1.50 bits per heavy atom. The van der Waals surface area contributed by atoms with Gasteiger partial charge in [-0.25, -0.2) is 9.97 Å². The van der Waals surface area contributed by atoms with Gasteiger partial charge in [-0.15, -0.1) is 0 Å². The van der Waals surface area contributed by atoms with E-state index in [-0.39, 0.29) is 5.28 Å². The van der Waals surface area contributed by atoms with Crippen molar-refractivity contribution in [3.05, 3.63) is 11.3 Å². The minimum absolute atomic E-state index is 0.190. The first-order valence-electron chi connectivity index (χ1n) is 4.50. The third-order valence-electron chi connectivity index (χ3n) is 1.74. The molecule has 0 radical (unpaired) electrons. The van der Waals surface area contributed by atoms with Crippen LogP contribution in [0.4, 0.5) is 11.6 Å². The standard InChI is InChI=1S/C9H15ClN4/c1-6(2)5-14(3)8-4-7(11)12-9(10)13-8/h4,6H,5H2,1-3H3,(H2,11,12,13). The molecule has 0 aliphatic rings. The Bertz CT molecular complexity index is 293. The van der Waals surface area contributed by atoms with Gasteiger partial charge in [-0.05, 0) is 17.5 Å². The van der Waals surface area contributed by atoms with E-state index in [2.05, 4.69) is 23.8 Å². The average Bonchev–Trinajstić information content (AvgIpc) is 2.00. The minimum Gasteiger partial charge on any atom is -0.383 e. The van der Waals surface area contributed by atoms with Crippen molar-refractivity contribution in [3.63, 3.8) is 0 Å². The Balaban J connectivity index is 2.84. The van der Waals surface area contributed by atoms with Crippen molar-refractivity contribution in [2.24, 2.45) is 5.92 Å². The summed E-state index contributed by atoms with van der Waals surface area (Å²) < 4.78 is 0. The number of nitrogen functional groups attached to an aromatic ring is 1. The second-order valence-electron chi connectivity index (χ2n) is 3.69. The zero-order valence-corrected chi connectivity index (χ0v) is 9.41. The molecule has 0 saturated heterocycles. The van der Waals surface area contributed by atoms with Crippen LogP contribution >= 0.6 is 11.6 Å². The third kappa shape index (κ3) is 3.03. The van der Waals surface area contributed by atoms with Crippen LogP contribution in [0, 0.1) is 5.92 Å². The van der Waals surface area contributed by atoms with E-state index in [1.807, 2.05) is 11.9 Å². The van der Waals surface area contributed by atoms with Crippen molar-refractivity contribution in [1.82, 2.24) is 9.97 Å². The summed E-state index contributed by atoms with van der Waals surface area (Å²) in [5.74, 6) is 1.72. The molecular weight excluding hydrogens is 200 g/mol. The summed E-state index contributed by atoms with van der Waals surface area (Å²) in [4.78, 5) is 9.90. The van der Waals surface area contributed by atoms with Crippen LogP contribution in [-0.4, -0.2) is 23.6 Å². The van der Waals surface area contributed by atoms with Crippen molar-refractivity contribution >= 4 is 23.2 Å². The maximum absolute atomic E-state index is 5.70. The van der Waals surface area contributed by atoms with E-state index < -0.39 is 0 Å². The maximum atomic E-state index is 5.70. The van der Waals surface area contributed by atoms with Crippen LogP contribution < -0.4 is 10.6 Å². The number of anilines is 2. The van der Waals surface area contributed by atoms with E-state index in [1.54, 1.807) is 6.07 Å². The topological polar surface area (TPSA) is 55.0 Å². The summed E-state index contributed by atoms with van der Waals surface area (Å²) >= 11 is 5.70. The first-order valence-corrected chi connectivity index (χ1v) is 4.88. The minimum atomic E-state index is 0.190. The highest BCUT2D eigenvalue weighted by Crippen LogP contribution is 2.15. The molecule has 0 spiro atoms. The van der Waals surface area contributed by atoms with Gasteiger partial charge in [0.15, 0.2) is 0 Å². The summed E-state index contributed by atoms with van der Waals surface area (Å²) in [5.41, 5.74) is 5.57. The lowest BCUT2D eigenvalue weighted by atomic mass is 10.2. The first kappa shape index (κ1) is 11.0. The molecule has 1 aromatic rings. The van der Waals surface area contributed by atoms with Gasteiger partial charge in [0.1, 0.15) is 11.6 Å². The largest absolute Gasteiger partial charge is 0.383 e. The molecule has 0 bridgehead atoms. The highest BCUT2D eigenvalue weighted by molar-refractivity contribution is 6.28. The lowest BCUT2D eigenvalue weighted by molar-refractivity contribution is 0.634. The molecule has 0 unspecified atom stereocenters. The van der Waals surface area contributed by atoms with Gasteiger partial charge < -0.3 is 10.6 Å². The smallest absolute Gasteiger partial charge is 0.226 e. The van der Waals surface area contributed by atoms with Crippen molar-refractivity contribution in [3.8, 4) is 0 Å². The second-order valence-corrected chi connectivity index (χ2v) is 4.03. The molecule has 0 atom stereocenters. The van der Waals surface area contributed by atoms with Crippen LogP contribution in [0.3, 0.4) is 0 Å². The predicted molar refractivity (Wildman–Crippen MR) is 59.6 cm³/mol. The van der Waals surface area contributed by atoms with E-state index in [0.29, 0.717) is 11.7 Å². The lowest BCUT2D eigenvalue weighted by Gasteiger charge is -2.20. The van der Waals surface area contributed by atoms with Gasteiger partial charge in [-0.2, -0.15) is 0 Å². The lowest BCUT2D eigenvalue weighted by Crippen LogP contribution is -2.23. The Morgan fingerprint density at radius 3 is 2.64 bits per heavy atom. The van der Waals surface area contributed by atoms with Crippen LogP contribution in [0.5, 0.6) is 0 Å². The van der Waals surface area contributed by atoms with Crippen molar-refractivity contribution in [2.45, 2.75) is 13.8 Å². The molecule has 78 valence electrons. The molecule has 4 nitrogen and oxygen atoms in total. The zero-order valence-electron chi connectivity index (χ0n) is 8.66. The molecule has 14 heavy (non-hydrogen) atoms. The predicted octanol–water partition coefficient (Wildman–Crippen LogP) is 1.80. The van der Waals surface area contributed by atoms with Gasteiger partial charge in [0.05, 0.1) is 0 Å². The average molecular weight is 215 g/mol. The summed E-state index contributed by atoms with van der Waals surface area (Å²) in [6, 6.07) is 1.72. The van der Waals surface area contributed by atoms with E-state index in [9.17, 15) is 0 Å². The SMILES string of the molecule is CC(C)CN(C)c1cc(N)nc(Cl)n1. The molecule has 0 fully saturated rings. The molecule has 0 aromatic carbocycles. The van der Waals surface area contributed by atoms with Crippen molar-refractivity contribution < 1.29 is 0 Å². The van der Waals surface area contributed by atoms with Gasteiger partial charge in [0.25, 0.3) is 0 Å². The molecule has 1 rings (SSSR count). The van der Waals surface area contributed by atoms with Gasteiger partial charge in [0.2, 0.25) is 5.28 Å². The van der Waals surface area contributed by atoms with E-state index in [1.165, 1.54) is 0 Å². The number of rotatable bonds is 3. The fourth-order valence-corrected chi connectivity index (χ4v) is 1.44. The van der Waals surface area contributed by atoms with Gasteiger partial charge in [-0.3, -0.25) is 0 Å². The molecule has 0 saturated carbocycles. The highest BCUT2D eigenvalue weighted by atomic mass is 35.5. The number of hydrogen-bond donors (Lipinski definition) is 1. The third-order valence-corrected chi connectivity index (χ3v) is 1.90. The molecule has 1 heterocycles. The van der Waals surface area contributed by atoms with Crippen LogP contribution in [0.15, 0.2) is 6.07 Å². The highest BCUT2D eigenvalue weighted by Gasteiger charge is 2.07. The molecule has 1 aromatic heterocycles. The molecule has 0 amide bonds. The van der Waals surface area contributed by atoms with E-state index >= 15 is 0 Å². The number of nitrogens with zero attached hydrogens (tertiary/aromatic N) is 3. The van der Waals surface area contributed by atoms with Crippen LogP contribution in [-0.2, 0) is 0 Å². The Kier molecular flexibility index (Phi) is 3.52. The number of aromatic nitrogens is 2. The summed E-state index contributed by atoms with van der Waals surface area (Å²) in [6.45, 7) is 5.19. The zero-order chi connectivity index (χ0) is 10.7.